The highest BCUT2D eigenvalue weighted by Crippen LogP contribution is 2.36. The number of hydrogen-bond acceptors (Lipinski definition) is 3. The number of rotatable bonds is 5. The Balaban J connectivity index is 1.90. The number of carbonyl (C=O) groups is 1. The van der Waals surface area contributed by atoms with Crippen LogP contribution in [0, 0.1) is 11.3 Å². The summed E-state index contributed by atoms with van der Waals surface area (Å²) in [6, 6.07) is 0.613. The lowest BCUT2D eigenvalue weighted by Gasteiger charge is -2.31. The predicted octanol–water partition coefficient (Wildman–Crippen LogP) is 1.32. The molecule has 0 spiro atoms. The van der Waals surface area contributed by atoms with Crippen LogP contribution in [0.4, 0.5) is 0 Å². The second kappa shape index (κ2) is 4.22. The third kappa shape index (κ3) is 2.40. The molecule has 2 fully saturated rings. The molecular weight excluding hydrogens is 190 g/mol. The van der Waals surface area contributed by atoms with E-state index >= 15 is 0 Å². The predicted molar refractivity (Wildman–Crippen MR) is 58.7 cm³/mol. The summed E-state index contributed by atoms with van der Waals surface area (Å²) in [7, 11) is 2.13. The van der Waals surface area contributed by atoms with Gasteiger partial charge in [0.15, 0.2) is 0 Å². The van der Waals surface area contributed by atoms with Gasteiger partial charge < -0.3 is 14.4 Å². The van der Waals surface area contributed by atoms with Gasteiger partial charge in [0.2, 0.25) is 0 Å². The van der Waals surface area contributed by atoms with E-state index in [1.165, 1.54) is 12.8 Å². The Labute approximate surface area is 91.8 Å². The average molecular weight is 211 g/mol. The largest absolute Gasteiger partial charge is 0.380 e. The second-order valence-corrected chi connectivity index (χ2v) is 5.28. The van der Waals surface area contributed by atoms with Crippen molar-refractivity contribution in [1.82, 2.24) is 4.90 Å². The van der Waals surface area contributed by atoms with Crippen LogP contribution >= 0.6 is 0 Å². The minimum atomic E-state index is -0.224. The van der Waals surface area contributed by atoms with Gasteiger partial charge in [0.05, 0.1) is 12.0 Å². The molecule has 1 heterocycles. The van der Waals surface area contributed by atoms with Crippen molar-refractivity contribution < 1.29 is 9.53 Å². The van der Waals surface area contributed by atoms with Crippen molar-refractivity contribution in [3.05, 3.63) is 0 Å². The van der Waals surface area contributed by atoms with Crippen LogP contribution in [0.5, 0.6) is 0 Å². The normalized spacial score (nSPS) is 33.3. The van der Waals surface area contributed by atoms with Crippen molar-refractivity contribution in [2.45, 2.75) is 32.2 Å². The van der Waals surface area contributed by atoms with Crippen molar-refractivity contribution in [2.75, 3.05) is 26.8 Å². The van der Waals surface area contributed by atoms with Crippen molar-refractivity contribution in [2.24, 2.45) is 11.3 Å². The Bertz CT molecular complexity index is 232. The van der Waals surface area contributed by atoms with Gasteiger partial charge >= 0.3 is 0 Å². The molecule has 0 radical (unpaired) electrons. The summed E-state index contributed by atoms with van der Waals surface area (Å²) in [5.74, 6) is 0.862. The van der Waals surface area contributed by atoms with E-state index in [1.807, 2.05) is 0 Å². The monoisotopic (exact) mass is 211 g/mol. The van der Waals surface area contributed by atoms with Gasteiger partial charge in [-0.1, -0.05) is 0 Å². The van der Waals surface area contributed by atoms with E-state index in [0.717, 1.165) is 31.8 Å². The molecule has 0 aromatic heterocycles. The smallest absolute Gasteiger partial charge is 0.129 e. The maximum Gasteiger partial charge on any atom is 0.129 e. The fraction of sp³-hybridized carbons (Fsp3) is 0.917. The summed E-state index contributed by atoms with van der Waals surface area (Å²) in [5.41, 5.74) is -0.224. The highest BCUT2D eigenvalue weighted by Gasteiger charge is 2.39. The Kier molecular flexibility index (Phi) is 3.12. The van der Waals surface area contributed by atoms with Crippen LogP contribution in [0.15, 0.2) is 0 Å². The summed E-state index contributed by atoms with van der Waals surface area (Å²) in [6.07, 6.45) is 4.71. The molecule has 0 amide bonds. The number of aldehydes is 1. The fourth-order valence-corrected chi connectivity index (χ4v) is 2.46. The molecule has 1 saturated heterocycles. The van der Waals surface area contributed by atoms with Gasteiger partial charge in [-0.2, -0.15) is 0 Å². The molecule has 2 rings (SSSR count). The maximum absolute atomic E-state index is 11.2. The first kappa shape index (κ1) is 11.1. The molecule has 1 saturated carbocycles. The Hall–Kier alpha value is -0.410. The summed E-state index contributed by atoms with van der Waals surface area (Å²) < 4.78 is 5.35. The van der Waals surface area contributed by atoms with E-state index in [9.17, 15) is 4.79 Å². The first-order valence-electron chi connectivity index (χ1n) is 5.91. The molecule has 0 aromatic rings. The SMILES string of the molecule is CC(C1CC1)N(C)CC1(C=O)CCOC1. The van der Waals surface area contributed by atoms with E-state index in [4.69, 9.17) is 4.74 Å². The molecule has 1 aliphatic carbocycles. The van der Waals surface area contributed by atoms with Crippen LogP contribution in [0.3, 0.4) is 0 Å². The first-order valence-corrected chi connectivity index (χ1v) is 5.91. The first-order chi connectivity index (χ1) is 7.17. The van der Waals surface area contributed by atoms with E-state index in [2.05, 4.69) is 18.9 Å². The maximum atomic E-state index is 11.2. The zero-order valence-electron chi connectivity index (χ0n) is 9.74. The van der Waals surface area contributed by atoms with Crippen LogP contribution in [0.1, 0.15) is 26.2 Å². The standard InChI is InChI=1S/C12H21NO2/c1-10(11-3-4-11)13(2)7-12(8-14)5-6-15-9-12/h8,10-11H,3-7,9H2,1-2H3. The van der Waals surface area contributed by atoms with E-state index < -0.39 is 0 Å². The lowest BCUT2D eigenvalue weighted by atomic mass is 9.88. The minimum absolute atomic E-state index is 0.224. The summed E-state index contributed by atoms with van der Waals surface area (Å²) in [5, 5.41) is 0. The van der Waals surface area contributed by atoms with E-state index in [1.54, 1.807) is 0 Å². The Morgan fingerprint density at radius 1 is 1.60 bits per heavy atom. The van der Waals surface area contributed by atoms with Gasteiger partial charge in [-0.25, -0.2) is 0 Å². The van der Waals surface area contributed by atoms with Gasteiger partial charge in [0, 0.05) is 19.2 Å². The highest BCUT2D eigenvalue weighted by molar-refractivity contribution is 5.60. The Morgan fingerprint density at radius 2 is 2.33 bits per heavy atom. The van der Waals surface area contributed by atoms with Crippen LogP contribution in [-0.2, 0) is 9.53 Å². The van der Waals surface area contributed by atoms with Crippen molar-refractivity contribution >= 4 is 6.29 Å². The van der Waals surface area contributed by atoms with Crippen molar-refractivity contribution in [1.29, 1.82) is 0 Å². The summed E-state index contributed by atoms with van der Waals surface area (Å²) >= 11 is 0. The summed E-state index contributed by atoms with van der Waals surface area (Å²) in [4.78, 5) is 13.5. The van der Waals surface area contributed by atoms with Gasteiger partial charge in [0.25, 0.3) is 0 Å². The molecular formula is C12H21NO2. The van der Waals surface area contributed by atoms with Crippen LogP contribution < -0.4 is 0 Å². The van der Waals surface area contributed by atoms with Gasteiger partial charge in [-0.15, -0.1) is 0 Å². The molecule has 2 aliphatic rings. The Morgan fingerprint density at radius 3 is 2.80 bits per heavy atom. The zero-order valence-corrected chi connectivity index (χ0v) is 9.74. The molecule has 0 bridgehead atoms. The van der Waals surface area contributed by atoms with E-state index in [-0.39, 0.29) is 5.41 Å². The van der Waals surface area contributed by atoms with Crippen LogP contribution in [0.2, 0.25) is 0 Å². The molecule has 3 nitrogen and oxygen atoms in total. The number of hydrogen-bond donors (Lipinski definition) is 0. The third-order valence-corrected chi connectivity index (χ3v) is 3.95. The van der Waals surface area contributed by atoms with E-state index in [0.29, 0.717) is 12.6 Å². The van der Waals surface area contributed by atoms with Gasteiger partial charge in [-0.05, 0) is 39.2 Å². The zero-order chi connectivity index (χ0) is 10.9. The quantitative estimate of drug-likeness (QED) is 0.642. The molecule has 15 heavy (non-hydrogen) atoms. The average Bonchev–Trinajstić information content (AvgIpc) is 2.99. The lowest BCUT2D eigenvalue weighted by molar-refractivity contribution is -0.117. The number of nitrogens with zero attached hydrogens (tertiary/aromatic N) is 1. The highest BCUT2D eigenvalue weighted by atomic mass is 16.5. The third-order valence-electron chi connectivity index (χ3n) is 3.95. The second-order valence-electron chi connectivity index (χ2n) is 5.28. The molecule has 1 aliphatic heterocycles. The molecule has 2 unspecified atom stereocenters. The topological polar surface area (TPSA) is 29.5 Å². The minimum Gasteiger partial charge on any atom is -0.380 e. The van der Waals surface area contributed by atoms with Crippen LogP contribution in [0.25, 0.3) is 0 Å². The fourth-order valence-electron chi connectivity index (χ4n) is 2.46. The molecule has 0 aromatic carbocycles. The lowest BCUT2D eigenvalue weighted by Crippen LogP contribution is -2.42. The van der Waals surface area contributed by atoms with Crippen molar-refractivity contribution in [3.63, 3.8) is 0 Å². The molecule has 86 valence electrons. The van der Waals surface area contributed by atoms with Gasteiger partial charge in [0.1, 0.15) is 6.29 Å². The van der Waals surface area contributed by atoms with Crippen LogP contribution in [-0.4, -0.2) is 44.0 Å². The summed E-state index contributed by atoms with van der Waals surface area (Å²) in [6.45, 7) is 4.47. The number of ether oxygens (including phenoxy) is 1. The molecule has 0 N–H and O–H groups in total. The van der Waals surface area contributed by atoms with Crippen molar-refractivity contribution in [3.8, 4) is 0 Å². The number of carbonyl (C=O) groups excluding carboxylic acids is 1. The molecule has 2 atom stereocenters. The molecule has 3 heteroatoms. The van der Waals surface area contributed by atoms with Gasteiger partial charge in [-0.3, -0.25) is 0 Å².